The van der Waals surface area contributed by atoms with Crippen LogP contribution in [0.3, 0.4) is 0 Å². The van der Waals surface area contributed by atoms with E-state index in [-0.39, 0.29) is 0 Å². The van der Waals surface area contributed by atoms with Crippen molar-refractivity contribution in [2.75, 3.05) is 5.32 Å². The van der Waals surface area contributed by atoms with Crippen molar-refractivity contribution in [2.45, 2.75) is 32.7 Å². The van der Waals surface area contributed by atoms with Crippen LogP contribution in [-0.4, -0.2) is 11.0 Å². The maximum absolute atomic E-state index is 6.04. The van der Waals surface area contributed by atoms with Crippen LogP contribution in [0.15, 0.2) is 18.5 Å². The molecule has 1 aliphatic carbocycles. The summed E-state index contributed by atoms with van der Waals surface area (Å²) in [6, 6.07) is 2.35. The number of rotatable bonds is 2. The van der Waals surface area contributed by atoms with Crippen LogP contribution in [0.5, 0.6) is 0 Å². The Morgan fingerprint density at radius 2 is 2.36 bits per heavy atom. The molecule has 1 aromatic heterocycles. The molecule has 0 spiro atoms. The van der Waals surface area contributed by atoms with Gasteiger partial charge in [0.05, 0.1) is 16.9 Å². The average molecular weight is 211 g/mol. The van der Waals surface area contributed by atoms with Gasteiger partial charge in [0.1, 0.15) is 0 Å². The van der Waals surface area contributed by atoms with Gasteiger partial charge in [-0.25, -0.2) is 0 Å². The Labute approximate surface area is 89.7 Å². The number of halogens is 1. The highest BCUT2D eigenvalue weighted by Crippen LogP contribution is 2.42. The van der Waals surface area contributed by atoms with Gasteiger partial charge in [-0.1, -0.05) is 25.4 Å². The monoisotopic (exact) mass is 210 g/mol. The molecule has 2 rings (SSSR count). The fraction of sp³-hybridized carbons (Fsp3) is 0.545. The van der Waals surface area contributed by atoms with Gasteiger partial charge in [-0.2, -0.15) is 0 Å². The first kappa shape index (κ1) is 9.78. The number of pyridine rings is 1. The van der Waals surface area contributed by atoms with Crippen LogP contribution in [-0.2, 0) is 0 Å². The van der Waals surface area contributed by atoms with Crippen LogP contribution in [0.1, 0.15) is 26.7 Å². The number of nitrogens with zero attached hydrogens (tertiary/aromatic N) is 1. The summed E-state index contributed by atoms with van der Waals surface area (Å²) in [6.45, 7) is 4.55. The maximum atomic E-state index is 6.04. The zero-order valence-corrected chi connectivity index (χ0v) is 9.30. The molecule has 0 bridgehead atoms. The Kier molecular flexibility index (Phi) is 2.40. The van der Waals surface area contributed by atoms with Gasteiger partial charge >= 0.3 is 0 Å². The largest absolute Gasteiger partial charge is 0.379 e. The SMILES string of the molecule is CC1(C)CCC1Nc1cnccc1Cl. The molecule has 76 valence electrons. The molecule has 1 aromatic rings. The lowest BCUT2D eigenvalue weighted by molar-refractivity contribution is 0.160. The standard InChI is InChI=1S/C11H15ClN2/c1-11(2)5-3-10(11)14-9-7-13-6-4-8(9)12/h4,6-7,10,14H,3,5H2,1-2H3. The van der Waals surface area contributed by atoms with E-state index in [4.69, 9.17) is 11.6 Å². The van der Waals surface area contributed by atoms with E-state index in [1.165, 1.54) is 12.8 Å². The Bertz CT molecular complexity index is 336. The molecular weight excluding hydrogens is 196 g/mol. The third-order valence-electron chi connectivity index (χ3n) is 3.12. The molecule has 1 atom stereocenters. The van der Waals surface area contributed by atoms with Crippen molar-refractivity contribution in [3.8, 4) is 0 Å². The predicted molar refractivity (Wildman–Crippen MR) is 59.7 cm³/mol. The molecule has 1 fully saturated rings. The number of anilines is 1. The van der Waals surface area contributed by atoms with E-state index in [9.17, 15) is 0 Å². The summed E-state index contributed by atoms with van der Waals surface area (Å²) in [4.78, 5) is 4.06. The van der Waals surface area contributed by atoms with Gasteiger partial charge in [0.15, 0.2) is 0 Å². The molecule has 0 aliphatic heterocycles. The van der Waals surface area contributed by atoms with Gasteiger partial charge in [0.2, 0.25) is 0 Å². The zero-order chi connectivity index (χ0) is 10.2. The lowest BCUT2D eigenvalue weighted by Gasteiger charge is -2.45. The van der Waals surface area contributed by atoms with Crippen LogP contribution in [0.2, 0.25) is 5.02 Å². The minimum atomic E-state index is 0.388. The van der Waals surface area contributed by atoms with Crippen molar-refractivity contribution in [2.24, 2.45) is 5.41 Å². The van der Waals surface area contributed by atoms with Crippen molar-refractivity contribution < 1.29 is 0 Å². The normalized spacial score (nSPS) is 24.1. The Morgan fingerprint density at radius 1 is 1.57 bits per heavy atom. The molecule has 1 saturated carbocycles. The summed E-state index contributed by atoms with van der Waals surface area (Å²) < 4.78 is 0. The fourth-order valence-corrected chi connectivity index (χ4v) is 1.96. The summed E-state index contributed by atoms with van der Waals surface area (Å²) in [6.07, 6.45) is 6.00. The van der Waals surface area contributed by atoms with Crippen LogP contribution in [0.4, 0.5) is 5.69 Å². The van der Waals surface area contributed by atoms with Crippen molar-refractivity contribution >= 4 is 17.3 Å². The summed E-state index contributed by atoms with van der Waals surface area (Å²) in [7, 11) is 0. The Balaban J connectivity index is 2.08. The van der Waals surface area contributed by atoms with E-state index in [0.717, 1.165) is 10.7 Å². The quantitative estimate of drug-likeness (QED) is 0.810. The lowest BCUT2D eigenvalue weighted by atomic mass is 9.67. The smallest absolute Gasteiger partial charge is 0.0718 e. The minimum absolute atomic E-state index is 0.388. The molecule has 0 saturated heterocycles. The van der Waals surface area contributed by atoms with E-state index in [1.807, 2.05) is 6.07 Å². The summed E-state index contributed by atoms with van der Waals surface area (Å²) in [5.74, 6) is 0. The van der Waals surface area contributed by atoms with Crippen LogP contribution in [0, 0.1) is 5.41 Å². The van der Waals surface area contributed by atoms with E-state index < -0.39 is 0 Å². The minimum Gasteiger partial charge on any atom is -0.379 e. The second-order valence-electron chi connectivity index (χ2n) is 4.58. The number of nitrogens with one attached hydrogen (secondary N) is 1. The molecule has 0 amide bonds. The predicted octanol–water partition coefficient (Wildman–Crippen LogP) is 3.34. The molecule has 3 heteroatoms. The van der Waals surface area contributed by atoms with Crippen LogP contribution in [0.25, 0.3) is 0 Å². The molecule has 2 nitrogen and oxygen atoms in total. The maximum Gasteiger partial charge on any atom is 0.0718 e. The number of aromatic nitrogens is 1. The third kappa shape index (κ3) is 1.71. The van der Waals surface area contributed by atoms with E-state index >= 15 is 0 Å². The van der Waals surface area contributed by atoms with Crippen molar-refractivity contribution in [3.63, 3.8) is 0 Å². The average Bonchev–Trinajstić information content (AvgIpc) is 2.15. The Morgan fingerprint density at radius 3 is 2.86 bits per heavy atom. The van der Waals surface area contributed by atoms with E-state index in [2.05, 4.69) is 24.1 Å². The summed E-state index contributed by atoms with van der Waals surface area (Å²) in [5.41, 5.74) is 1.34. The number of hydrogen-bond donors (Lipinski definition) is 1. The summed E-state index contributed by atoms with van der Waals surface area (Å²) in [5, 5.41) is 4.19. The van der Waals surface area contributed by atoms with Gasteiger partial charge < -0.3 is 5.32 Å². The van der Waals surface area contributed by atoms with E-state index in [0.29, 0.717) is 11.5 Å². The molecule has 1 unspecified atom stereocenters. The van der Waals surface area contributed by atoms with Gasteiger partial charge in [0, 0.05) is 12.2 Å². The van der Waals surface area contributed by atoms with Crippen molar-refractivity contribution in [3.05, 3.63) is 23.5 Å². The van der Waals surface area contributed by atoms with E-state index in [1.54, 1.807) is 12.4 Å². The second kappa shape index (κ2) is 3.43. The van der Waals surface area contributed by atoms with Crippen LogP contribution >= 0.6 is 11.6 Å². The molecular formula is C11H15ClN2. The third-order valence-corrected chi connectivity index (χ3v) is 3.45. The van der Waals surface area contributed by atoms with Crippen molar-refractivity contribution in [1.82, 2.24) is 4.98 Å². The van der Waals surface area contributed by atoms with Gasteiger partial charge in [0.25, 0.3) is 0 Å². The fourth-order valence-electron chi connectivity index (χ4n) is 1.80. The molecule has 0 radical (unpaired) electrons. The van der Waals surface area contributed by atoms with Gasteiger partial charge in [-0.3, -0.25) is 4.98 Å². The lowest BCUT2D eigenvalue weighted by Crippen LogP contribution is -2.45. The van der Waals surface area contributed by atoms with Gasteiger partial charge in [-0.05, 0) is 24.3 Å². The topological polar surface area (TPSA) is 24.9 Å². The highest BCUT2D eigenvalue weighted by molar-refractivity contribution is 6.33. The first-order valence-electron chi connectivity index (χ1n) is 4.96. The highest BCUT2D eigenvalue weighted by atomic mass is 35.5. The van der Waals surface area contributed by atoms with Crippen LogP contribution < -0.4 is 5.32 Å². The molecule has 14 heavy (non-hydrogen) atoms. The van der Waals surface area contributed by atoms with Crippen molar-refractivity contribution in [1.29, 1.82) is 0 Å². The summed E-state index contributed by atoms with van der Waals surface area (Å²) >= 11 is 6.04. The number of hydrogen-bond acceptors (Lipinski definition) is 2. The molecule has 1 N–H and O–H groups in total. The second-order valence-corrected chi connectivity index (χ2v) is 4.99. The zero-order valence-electron chi connectivity index (χ0n) is 8.55. The molecule has 1 aliphatic rings. The first-order chi connectivity index (χ1) is 6.59. The van der Waals surface area contributed by atoms with Gasteiger partial charge in [-0.15, -0.1) is 0 Å². The molecule has 0 aromatic carbocycles. The highest BCUT2D eigenvalue weighted by Gasteiger charge is 2.38. The first-order valence-corrected chi connectivity index (χ1v) is 5.33. The molecule has 1 heterocycles. The Hall–Kier alpha value is -0.760.